The SMILES string of the molecule is Cn1c(-c2ccc(C#N)cc2)nnc1N1CCC(c2nc3ccccc3[nH]2)CC1. The van der Waals surface area contributed by atoms with Crippen LogP contribution in [0.2, 0.25) is 0 Å². The number of hydrogen-bond donors (Lipinski definition) is 1. The quantitative estimate of drug-likeness (QED) is 0.584. The molecule has 2 aromatic heterocycles. The first-order chi connectivity index (χ1) is 14.2. The van der Waals surface area contributed by atoms with Crippen LogP contribution in [0.4, 0.5) is 5.95 Å². The second-order valence-electron chi connectivity index (χ2n) is 7.47. The molecule has 3 heterocycles. The Labute approximate surface area is 168 Å². The van der Waals surface area contributed by atoms with Crippen molar-refractivity contribution in [3.8, 4) is 17.5 Å². The number of aromatic amines is 1. The first-order valence-electron chi connectivity index (χ1n) is 9.82. The van der Waals surface area contributed by atoms with Gasteiger partial charge in [0.2, 0.25) is 5.95 Å². The largest absolute Gasteiger partial charge is 0.342 e. The number of benzene rings is 2. The average molecular weight is 383 g/mol. The summed E-state index contributed by atoms with van der Waals surface area (Å²) in [5.74, 6) is 3.21. The van der Waals surface area contributed by atoms with Gasteiger partial charge in [-0.2, -0.15) is 5.26 Å². The summed E-state index contributed by atoms with van der Waals surface area (Å²) in [7, 11) is 1.99. The van der Waals surface area contributed by atoms with Crippen LogP contribution in [-0.2, 0) is 7.05 Å². The van der Waals surface area contributed by atoms with Crippen molar-refractivity contribution in [3.05, 3.63) is 59.9 Å². The molecule has 0 spiro atoms. The predicted molar refractivity (Wildman–Crippen MR) is 111 cm³/mol. The maximum absolute atomic E-state index is 8.98. The van der Waals surface area contributed by atoms with Crippen molar-refractivity contribution in [1.29, 1.82) is 5.26 Å². The summed E-state index contributed by atoms with van der Waals surface area (Å²) in [6.45, 7) is 1.84. The lowest BCUT2D eigenvalue weighted by molar-refractivity contribution is 0.481. The summed E-state index contributed by atoms with van der Waals surface area (Å²) >= 11 is 0. The molecule has 1 aliphatic heterocycles. The van der Waals surface area contributed by atoms with E-state index in [1.165, 1.54) is 0 Å². The highest BCUT2D eigenvalue weighted by Gasteiger charge is 2.26. The normalized spacial score (nSPS) is 15.0. The Morgan fingerprint density at radius 2 is 1.79 bits per heavy atom. The number of H-pyrrole nitrogens is 1. The van der Waals surface area contributed by atoms with E-state index in [0.717, 1.165) is 60.1 Å². The molecule has 0 atom stereocenters. The van der Waals surface area contributed by atoms with Gasteiger partial charge >= 0.3 is 0 Å². The van der Waals surface area contributed by atoms with Gasteiger partial charge in [-0.15, -0.1) is 10.2 Å². The van der Waals surface area contributed by atoms with Crippen LogP contribution in [0.25, 0.3) is 22.4 Å². The van der Waals surface area contributed by atoms with Gasteiger partial charge in [0, 0.05) is 31.6 Å². The zero-order chi connectivity index (χ0) is 19.8. The minimum Gasteiger partial charge on any atom is -0.342 e. The third-order valence-corrected chi connectivity index (χ3v) is 5.70. The van der Waals surface area contributed by atoms with E-state index in [2.05, 4.69) is 38.3 Å². The van der Waals surface area contributed by atoms with Crippen molar-refractivity contribution in [2.75, 3.05) is 18.0 Å². The fraction of sp³-hybridized carbons (Fsp3) is 0.273. The van der Waals surface area contributed by atoms with Crippen LogP contribution >= 0.6 is 0 Å². The number of imidazole rings is 1. The zero-order valence-electron chi connectivity index (χ0n) is 16.2. The fourth-order valence-corrected chi connectivity index (χ4v) is 4.06. The summed E-state index contributed by atoms with van der Waals surface area (Å²) in [4.78, 5) is 10.6. The molecule has 144 valence electrons. The highest BCUT2D eigenvalue weighted by atomic mass is 15.4. The Balaban J connectivity index is 1.32. The molecular formula is C22H21N7. The van der Waals surface area contributed by atoms with Gasteiger partial charge in [0.1, 0.15) is 5.82 Å². The summed E-state index contributed by atoms with van der Waals surface area (Å²) in [5.41, 5.74) is 3.74. The van der Waals surface area contributed by atoms with Gasteiger partial charge in [0.15, 0.2) is 5.82 Å². The molecule has 0 bridgehead atoms. The molecule has 2 aromatic carbocycles. The van der Waals surface area contributed by atoms with Gasteiger partial charge in [0.05, 0.1) is 22.7 Å². The van der Waals surface area contributed by atoms with Gasteiger partial charge in [-0.3, -0.25) is 4.57 Å². The Hall–Kier alpha value is -3.66. The maximum Gasteiger partial charge on any atom is 0.227 e. The number of nitrogens with one attached hydrogen (secondary N) is 1. The number of nitriles is 1. The molecular weight excluding hydrogens is 362 g/mol. The number of hydrogen-bond acceptors (Lipinski definition) is 5. The van der Waals surface area contributed by atoms with E-state index in [1.807, 2.05) is 48.0 Å². The van der Waals surface area contributed by atoms with Crippen LogP contribution in [0, 0.1) is 11.3 Å². The summed E-state index contributed by atoms with van der Waals surface area (Å²) < 4.78 is 2.03. The number of piperidine rings is 1. The van der Waals surface area contributed by atoms with Gasteiger partial charge in [0.25, 0.3) is 0 Å². The molecule has 4 aromatic rings. The zero-order valence-corrected chi connectivity index (χ0v) is 16.2. The lowest BCUT2D eigenvalue weighted by Crippen LogP contribution is -2.35. The molecule has 0 radical (unpaired) electrons. The third-order valence-electron chi connectivity index (χ3n) is 5.70. The molecule has 29 heavy (non-hydrogen) atoms. The van der Waals surface area contributed by atoms with Crippen LogP contribution in [0.5, 0.6) is 0 Å². The molecule has 1 fully saturated rings. The topological polar surface area (TPSA) is 86.4 Å². The predicted octanol–water partition coefficient (Wildman–Crippen LogP) is 3.61. The smallest absolute Gasteiger partial charge is 0.227 e. The number of rotatable bonds is 3. The second kappa shape index (κ2) is 7.06. The molecule has 0 amide bonds. The van der Waals surface area contributed by atoms with E-state index in [-0.39, 0.29) is 0 Å². The number of para-hydroxylation sites is 2. The average Bonchev–Trinajstić information content (AvgIpc) is 3.37. The highest BCUT2D eigenvalue weighted by molar-refractivity contribution is 5.74. The highest BCUT2D eigenvalue weighted by Crippen LogP contribution is 2.30. The molecule has 0 saturated carbocycles. The number of fused-ring (bicyclic) bond motifs is 1. The molecule has 1 saturated heterocycles. The van der Waals surface area contributed by atoms with Crippen molar-refractivity contribution in [2.45, 2.75) is 18.8 Å². The van der Waals surface area contributed by atoms with E-state index in [1.54, 1.807) is 0 Å². The summed E-state index contributed by atoms with van der Waals surface area (Å²) in [6, 6.07) is 17.8. The lowest BCUT2D eigenvalue weighted by Gasteiger charge is -2.31. The van der Waals surface area contributed by atoms with Crippen LogP contribution in [0.1, 0.15) is 30.1 Å². The molecule has 1 N–H and O–H groups in total. The molecule has 5 rings (SSSR count). The molecule has 0 unspecified atom stereocenters. The van der Waals surface area contributed by atoms with E-state index in [9.17, 15) is 0 Å². The first kappa shape index (κ1) is 17.4. The number of anilines is 1. The molecule has 7 nitrogen and oxygen atoms in total. The standard InChI is InChI=1S/C22H21N7/c1-28-21(17-8-6-15(14-23)7-9-17)26-27-22(28)29-12-10-16(11-13-29)20-24-18-4-2-3-5-19(18)25-20/h2-9,16H,10-13H2,1H3,(H,24,25). The van der Waals surface area contributed by atoms with E-state index >= 15 is 0 Å². The first-order valence-corrected chi connectivity index (χ1v) is 9.82. The van der Waals surface area contributed by atoms with E-state index < -0.39 is 0 Å². The van der Waals surface area contributed by atoms with E-state index in [4.69, 9.17) is 10.2 Å². The Morgan fingerprint density at radius 1 is 1.03 bits per heavy atom. The third kappa shape index (κ3) is 3.13. The van der Waals surface area contributed by atoms with Crippen molar-refractivity contribution < 1.29 is 0 Å². The minimum atomic E-state index is 0.435. The molecule has 7 heteroatoms. The fourth-order valence-electron chi connectivity index (χ4n) is 4.06. The van der Waals surface area contributed by atoms with Crippen molar-refractivity contribution >= 4 is 17.0 Å². The monoisotopic (exact) mass is 383 g/mol. The lowest BCUT2D eigenvalue weighted by atomic mass is 9.96. The molecule has 1 aliphatic rings. The van der Waals surface area contributed by atoms with Gasteiger partial charge in [-0.25, -0.2) is 4.98 Å². The van der Waals surface area contributed by atoms with Crippen LogP contribution in [0.15, 0.2) is 48.5 Å². The van der Waals surface area contributed by atoms with Crippen LogP contribution in [0.3, 0.4) is 0 Å². The number of nitrogens with zero attached hydrogens (tertiary/aromatic N) is 6. The molecule has 0 aliphatic carbocycles. The van der Waals surface area contributed by atoms with Crippen molar-refractivity contribution in [3.63, 3.8) is 0 Å². The number of aromatic nitrogens is 5. The van der Waals surface area contributed by atoms with Crippen LogP contribution < -0.4 is 4.90 Å². The van der Waals surface area contributed by atoms with Gasteiger partial charge in [-0.1, -0.05) is 12.1 Å². The van der Waals surface area contributed by atoms with Gasteiger partial charge in [-0.05, 0) is 49.2 Å². The second-order valence-corrected chi connectivity index (χ2v) is 7.47. The van der Waals surface area contributed by atoms with Crippen LogP contribution in [-0.4, -0.2) is 37.8 Å². The van der Waals surface area contributed by atoms with Crippen molar-refractivity contribution in [1.82, 2.24) is 24.7 Å². The van der Waals surface area contributed by atoms with Gasteiger partial charge < -0.3 is 9.88 Å². The van der Waals surface area contributed by atoms with E-state index in [0.29, 0.717) is 11.5 Å². The Kier molecular flexibility index (Phi) is 4.24. The summed E-state index contributed by atoms with van der Waals surface area (Å²) in [5, 5.41) is 17.8. The Bertz CT molecular complexity index is 1160. The Morgan fingerprint density at radius 3 is 2.52 bits per heavy atom. The summed E-state index contributed by atoms with van der Waals surface area (Å²) in [6.07, 6.45) is 2.05. The minimum absolute atomic E-state index is 0.435. The van der Waals surface area contributed by atoms with Crippen molar-refractivity contribution in [2.24, 2.45) is 7.05 Å². The maximum atomic E-state index is 8.98.